The summed E-state index contributed by atoms with van der Waals surface area (Å²) in [6, 6.07) is 9.58. The van der Waals surface area contributed by atoms with E-state index in [-0.39, 0.29) is 0 Å². The maximum atomic E-state index is 5.51. The van der Waals surface area contributed by atoms with Gasteiger partial charge >= 0.3 is 0 Å². The van der Waals surface area contributed by atoms with Crippen molar-refractivity contribution in [3.05, 3.63) is 35.4 Å². The fourth-order valence-electron chi connectivity index (χ4n) is 2.91. The first-order chi connectivity index (χ1) is 9.35. The molecule has 1 aromatic carbocycles. The lowest BCUT2D eigenvalue weighted by molar-refractivity contribution is 0.0536. The zero-order chi connectivity index (χ0) is 13.5. The van der Waals surface area contributed by atoms with Crippen molar-refractivity contribution in [1.82, 2.24) is 5.32 Å². The van der Waals surface area contributed by atoms with Gasteiger partial charge in [-0.1, -0.05) is 38.1 Å². The molecule has 1 unspecified atom stereocenters. The lowest BCUT2D eigenvalue weighted by Crippen LogP contribution is -2.32. The van der Waals surface area contributed by atoms with Crippen LogP contribution < -0.4 is 5.32 Å². The Morgan fingerprint density at radius 3 is 2.74 bits per heavy atom. The monoisotopic (exact) mass is 261 g/mol. The summed E-state index contributed by atoms with van der Waals surface area (Å²) in [5.41, 5.74) is 2.90. The van der Waals surface area contributed by atoms with Crippen molar-refractivity contribution < 1.29 is 4.74 Å². The van der Waals surface area contributed by atoms with Crippen molar-refractivity contribution in [2.75, 3.05) is 19.8 Å². The molecular formula is C17H27NO. The Bertz CT molecular complexity index is 371. The third kappa shape index (κ3) is 4.05. The number of benzene rings is 1. The van der Waals surface area contributed by atoms with Crippen molar-refractivity contribution in [1.29, 1.82) is 0 Å². The highest BCUT2D eigenvalue weighted by molar-refractivity contribution is 5.26. The van der Waals surface area contributed by atoms with Gasteiger partial charge in [-0.05, 0) is 49.3 Å². The number of hydrogen-bond donors (Lipinski definition) is 1. The Hall–Kier alpha value is -0.860. The van der Waals surface area contributed by atoms with Crippen LogP contribution in [0.2, 0.25) is 0 Å². The molecule has 19 heavy (non-hydrogen) atoms. The van der Waals surface area contributed by atoms with Gasteiger partial charge in [0.05, 0.1) is 0 Å². The van der Waals surface area contributed by atoms with E-state index in [0.29, 0.717) is 12.0 Å². The maximum Gasteiger partial charge on any atom is 0.0469 e. The average Bonchev–Trinajstić information content (AvgIpc) is 2.49. The first-order valence-corrected chi connectivity index (χ1v) is 7.75. The molecular weight excluding hydrogens is 234 g/mol. The Morgan fingerprint density at radius 2 is 2.05 bits per heavy atom. The zero-order valence-corrected chi connectivity index (χ0v) is 12.3. The second kappa shape index (κ2) is 7.66. The van der Waals surface area contributed by atoms with E-state index >= 15 is 0 Å². The number of rotatable bonds is 6. The molecule has 1 N–H and O–H groups in total. The Morgan fingerprint density at radius 1 is 1.26 bits per heavy atom. The van der Waals surface area contributed by atoms with Gasteiger partial charge in [-0.2, -0.15) is 0 Å². The SMILES string of the molecule is CCCNC(c1cccc(CC)c1)C1CCOCC1. The van der Waals surface area contributed by atoms with Gasteiger partial charge < -0.3 is 10.1 Å². The molecule has 0 aromatic heterocycles. The highest BCUT2D eigenvalue weighted by Gasteiger charge is 2.24. The molecule has 2 rings (SSSR count). The standard InChI is InChI=1S/C17H27NO/c1-3-10-18-17(15-8-11-19-12-9-15)16-7-5-6-14(4-2)13-16/h5-7,13,15,17-18H,3-4,8-12H2,1-2H3. The number of nitrogens with one attached hydrogen (secondary N) is 1. The molecule has 2 heteroatoms. The van der Waals surface area contributed by atoms with Crippen LogP contribution in [0, 0.1) is 5.92 Å². The fraction of sp³-hybridized carbons (Fsp3) is 0.647. The van der Waals surface area contributed by atoms with Crippen LogP contribution in [-0.4, -0.2) is 19.8 Å². The van der Waals surface area contributed by atoms with Crippen molar-refractivity contribution in [2.24, 2.45) is 5.92 Å². The molecule has 1 aromatic rings. The molecule has 0 amide bonds. The smallest absolute Gasteiger partial charge is 0.0469 e. The molecule has 0 bridgehead atoms. The summed E-state index contributed by atoms with van der Waals surface area (Å²) in [6.07, 6.45) is 4.66. The van der Waals surface area contributed by atoms with E-state index in [4.69, 9.17) is 4.74 Å². The molecule has 1 fully saturated rings. The number of aryl methyl sites for hydroxylation is 1. The quantitative estimate of drug-likeness (QED) is 0.842. The van der Waals surface area contributed by atoms with Crippen LogP contribution in [-0.2, 0) is 11.2 Å². The van der Waals surface area contributed by atoms with Gasteiger partial charge in [0, 0.05) is 19.3 Å². The van der Waals surface area contributed by atoms with Crippen molar-refractivity contribution >= 4 is 0 Å². The highest BCUT2D eigenvalue weighted by atomic mass is 16.5. The van der Waals surface area contributed by atoms with E-state index in [2.05, 4.69) is 43.4 Å². The van der Waals surface area contributed by atoms with Crippen LogP contribution in [0.3, 0.4) is 0 Å². The number of hydrogen-bond acceptors (Lipinski definition) is 2. The van der Waals surface area contributed by atoms with Crippen molar-refractivity contribution in [2.45, 2.75) is 45.6 Å². The molecule has 1 saturated heterocycles. The topological polar surface area (TPSA) is 21.3 Å². The highest BCUT2D eigenvalue weighted by Crippen LogP contribution is 2.30. The third-order valence-corrected chi connectivity index (χ3v) is 4.07. The summed E-state index contributed by atoms with van der Waals surface area (Å²) in [5, 5.41) is 3.75. The molecule has 1 aliphatic heterocycles. The van der Waals surface area contributed by atoms with Gasteiger partial charge in [-0.3, -0.25) is 0 Å². The molecule has 106 valence electrons. The van der Waals surface area contributed by atoms with Crippen LogP contribution in [0.1, 0.15) is 50.3 Å². The number of ether oxygens (including phenoxy) is 1. The summed E-state index contributed by atoms with van der Waals surface area (Å²) in [4.78, 5) is 0. The normalized spacial score (nSPS) is 18.4. The zero-order valence-electron chi connectivity index (χ0n) is 12.3. The van der Waals surface area contributed by atoms with E-state index in [0.717, 1.165) is 26.2 Å². The lowest BCUT2D eigenvalue weighted by Gasteiger charge is -2.31. The molecule has 0 saturated carbocycles. The van der Waals surface area contributed by atoms with Crippen LogP contribution in [0.5, 0.6) is 0 Å². The fourth-order valence-corrected chi connectivity index (χ4v) is 2.91. The van der Waals surface area contributed by atoms with Gasteiger partial charge in [0.15, 0.2) is 0 Å². The Kier molecular flexibility index (Phi) is 5.87. The largest absolute Gasteiger partial charge is 0.381 e. The molecule has 2 nitrogen and oxygen atoms in total. The van der Waals surface area contributed by atoms with E-state index in [9.17, 15) is 0 Å². The predicted molar refractivity (Wildman–Crippen MR) is 80.4 cm³/mol. The second-order valence-corrected chi connectivity index (χ2v) is 5.48. The molecule has 1 heterocycles. The van der Waals surface area contributed by atoms with Gasteiger partial charge in [0.25, 0.3) is 0 Å². The van der Waals surface area contributed by atoms with Crippen LogP contribution in [0.25, 0.3) is 0 Å². The van der Waals surface area contributed by atoms with Gasteiger partial charge in [0.1, 0.15) is 0 Å². The first-order valence-electron chi connectivity index (χ1n) is 7.75. The summed E-state index contributed by atoms with van der Waals surface area (Å²) in [6.45, 7) is 7.39. The van der Waals surface area contributed by atoms with E-state index in [1.54, 1.807) is 0 Å². The van der Waals surface area contributed by atoms with Crippen molar-refractivity contribution in [3.8, 4) is 0 Å². The minimum Gasteiger partial charge on any atom is -0.381 e. The van der Waals surface area contributed by atoms with Crippen LogP contribution in [0.15, 0.2) is 24.3 Å². The van der Waals surface area contributed by atoms with E-state index < -0.39 is 0 Å². The molecule has 0 spiro atoms. The van der Waals surface area contributed by atoms with E-state index in [1.165, 1.54) is 30.4 Å². The molecule has 0 radical (unpaired) electrons. The van der Waals surface area contributed by atoms with Gasteiger partial charge in [-0.25, -0.2) is 0 Å². The van der Waals surface area contributed by atoms with Gasteiger partial charge in [-0.15, -0.1) is 0 Å². The summed E-state index contributed by atoms with van der Waals surface area (Å²) in [7, 11) is 0. The summed E-state index contributed by atoms with van der Waals surface area (Å²) in [5.74, 6) is 0.715. The Balaban J connectivity index is 2.14. The van der Waals surface area contributed by atoms with E-state index in [1.807, 2.05) is 0 Å². The minimum absolute atomic E-state index is 0.496. The van der Waals surface area contributed by atoms with Crippen LogP contribution in [0.4, 0.5) is 0 Å². The summed E-state index contributed by atoms with van der Waals surface area (Å²) < 4.78 is 5.51. The van der Waals surface area contributed by atoms with Gasteiger partial charge in [0.2, 0.25) is 0 Å². The third-order valence-electron chi connectivity index (χ3n) is 4.07. The van der Waals surface area contributed by atoms with Crippen LogP contribution >= 0.6 is 0 Å². The summed E-state index contributed by atoms with van der Waals surface area (Å²) >= 11 is 0. The molecule has 0 aliphatic carbocycles. The molecule has 1 atom stereocenters. The minimum atomic E-state index is 0.496. The lowest BCUT2D eigenvalue weighted by atomic mass is 9.86. The second-order valence-electron chi connectivity index (χ2n) is 5.48. The molecule has 1 aliphatic rings. The average molecular weight is 261 g/mol. The predicted octanol–water partition coefficient (Wildman–Crippen LogP) is 3.72. The maximum absolute atomic E-state index is 5.51. The Labute approximate surface area is 117 Å². The van der Waals surface area contributed by atoms with Crippen molar-refractivity contribution in [3.63, 3.8) is 0 Å². The first kappa shape index (κ1) is 14.5.